The number of carbonyl (C=O) groups excluding carboxylic acids is 2. The molecule has 2 aromatic carbocycles. The van der Waals surface area contributed by atoms with E-state index in [4.69, 9.17) is 0 Å². The minimum atomic E-state index is -0.640. The predicted molar refractivity (Wildman–Crippen MR) is 78.4 cm³/mol. The molecule has 22 heavy (non-hydrogen) atoms. The first-order valence-corrected chi connectivity index (χ1v) is 6.53. The highest BCUT2D eigenvalue weighted by Crippen LogP contribution is 2.10. The van der Waals surface area contributed by atoms with Gasteiger partial charge in [-0.15, -0.1) is 0 Å². The third kappa shape index (κ3) is 3.88. The lowest BCUT2D eigenvalue weighted by Gasteiger charge is -2.17. The van der Waals surface area contributed by atoms with Crippen LogP contribution in [0.5, 0.6) is 0 Å². The van der Waals surface area contributed by atoms with Gasteiger partial charge in [0.1, 0.15) is 11.6 Å². The maximum absolute atomic E-state index is 13.5. The molecule has 0 saturated heterocycles. The van der Waals surface area contributed by atoms with Crippen LogP contribution in [0.3, 0.4) is 0 Å². The lowest BCUT2D eigenvalue weighted by Crippen LogP contribution is -2.35. The van der Waals surface area contributed by atoms with Gasteiger partial charge in [0.15, 0.2) is 0 Å². The molecule has 0 fully saturated rings. The highest BCUT2D eigenvalue weighted by molar-refractivity contribution is 5.99. The minimum Gasteiger partial charge on any atom is -0.332 e. The fraction of sp³-hybridized carbons (Fsp3) is 0.125. The van der Waals surface area contributed by atoms with Gasteiger partial charge in [-0.05, 0) is 36.4 Å². The number of likely N-dealkylation sites (N-methyl/N-ethyl adjacent to an activating group) is 1. The normalized spacial score (nSPS) is 10.1. The molecule has 0 heterocycles. The van der Waals surface area contributed by atoms with E-state index in [-0.39, 0.29) is 12.1 Å². The van der Waals surface area contributed by atoms with Crippen LogP contribution in [-0.4, -0.2) is 30.3 Å². The molecule has 2 rings (SSSR count). The molecule has 0 saturated carbocycles. The third-order valence-corrected chi connectivity index (χ3v) is 2.96. The zero-order chi connectivity index (χ0) is 16.1. The van der Waals surface area contributed by atoms with Crippen LogP contribution in [0, 0.1) is 11.6 Å². The third-order valence-electron chi connectivity index (χ3n) is 2.96. The van der Waals surface area contributed by atoms with Gasteiger partial charge < -0.3 is 10.2 Å². The van der Waals surface area contributed by atoms with Crippen LogP contribution in [-0.2, 0) is 4.79 Å². The van der Waals surface area contributed by atoms with E-state index < -0.39 is 23.4 Å². The number of nitrogens with zero attached hydrogens (tertiary/aromatic N) is 1. The molecule has 0 aliphatic carbocycles. The van der Waals surface area contributed by atoms with Gasteiger partial charge in [0, 0.05) is 12.7 Å². The zero-order valence-electron chi connectivity index (χ0n) is 11.8. The molecule has 1 N–H and O–H groups in total. The Bertz CT molecular complexity index is 687. The summed E-state index contributed by atoms with van der Waals surface area (Å²) in [6.07, 6.45) is 0. The maximum atomic E-state index is 13.5. The van der Waals surface area contributed by atoms with Crippen molar-refractivity contribution in [3.8, 4) is 0 Å². The molecule has 0 radical (unpaired) electrons. The van der Waals surface area contributed by atoms with Gasteiger partial charge in [0.25, 0.3) is 5.91 Å². The molecule has 0 aromatic heterocycles. The summed E-state index contributed by atoms with van der Waals surface area (Å²) in [6, 6.07) is 10.8. The van der Waals surface area contributed by atoms with E-state index in [0.29, 0.717) is 5.69 Å². The summed E-state index contributed by atoms with van der Waals surface area (Å²) in [4.78, 5) is 25.0. The Labute approximate surface area is 126 Å². The van der Waals surface area contributed by atoms with Crippen LogP contribution in [0.4, 0.5) is 14.5 Å². The van der Waals surface area contributed by atoms with Gasteiger partial charge in [-0.2, -0.15) is 0 Å². The molecule has 114 valence electrons. The number of carbonyl (C=O) groups is 2. The van der Waals surface area contributed by atoms with Crippen molar-refractivity contribution in [1.29, 1.82) is 0 Å². The van der Waals surface area contributed by atoms with E-state index in [1.54, 1.807) is 6.07 Å². The van der Waals surface area contributed by atoms with Crippen molar-refractivity contribution in [2.24, 2.45) is 0 Å². The molecule has 2 amide bonds. The Morgan fingerprint density at radius 3 is 2.32 bits per heavy atom. The smallest absolute Gasteiger partial charge is 0.257 e. The summed E-state index contributed by atoms with van der Waals surface area (Å²) < 4.78 is 26.3. The quantitative estimate of drug-likeness (QED) is 0.944. The topological polar surface area (TPSA) is 49.4 Å². The van der Waals surface area contributed by atoms with E-state index in [2.05, 4.69) is 5.32 Å². The van der Waals surface area contributed by atoms with Gasteiger partial charge in [-0.25, -0.2) is 8.78 Å². The van der Waals surface area contributed by atoms with E-state index >= 15 is 0 Å². The van der Waals surface area contributed by atoms with Gasteiger partial charge in [0.05, 0.1) is 12.1 Å². The summed E-state index contributed by atoms with van der Waals surface area (Å²) >= 11 is 0. The van der Waals surface area contributed by atoms with Gasteiger partial charge in [0.2, 0.25) is 5.91 Å². The molecule has 6 heteroatoms. The van der Waals surface area contributed by atoms with Crippen molar-refractivity contribution in [3.63, 3.8) is 0 Å². The number of halogens is 2. The fourth-order valence-corrected chi connectivity index (χ4v) is 1.86. The Morgan fingerprint density at radius 2 is 1.68 bits per heavy atom. The summed E-state index contributed by atoms with van der Waals surface area (Å²) in [7, 11) is 1.40. The first-order chi connectivity index (χ1) is 10.5. The van der Waals surface area contributed by atoms with Crippen LogP contribution in [0.1, 0.15) is 10.4 Å². The van der Waals surface area contributed by atoms with Crippen molar-refractivity contribution in [2.75, 3.05) is 18.9 Å². The van der Waals surface area contributed by atoms with Gasteiger partial charge in [-0.1, -0.05) is 12.1 Å². The monoisotopic (exact) mass is 304 g/mol. The maximum Gasteiger partial charge on any atom is 0.257 e. The standard InChI is InChI=1S/C16H14F2N2O2/c1-20(16(22)13-4-2-3-5-14(13)18)10-15(21)19-12-8-6-11(17)7-9-12/h2-9H,10H2,1H3,(H,19,21). The SMILES string of the molecule is CN(CC(=O)Nc1ccc(F)cc1)C(=O)c1ccccc1F. The number of hydrogen-bond donors (Lipinski definition) is 1. The average molecular weight is 304 g/mol. The number of benzene rings is 2. The molecule has 2 aromatic rings. The van der Waals surface area contributed by atoms with Crippen LogP contribution >= 0.6 is 0 Å². The number of anilines is 1. The van der Waals surface area contributed by atoms with Crippen molar-refractivity contribution in [3.05, 3.63) is 65.7 Å². The van der Waals surface area contributed by atoms with Crippen LogP contribution in [0.15, 0.2) is 48.5 Å². The zero-order valence-corrected chi connectivity index (χ0v) is 11.8. The molecule has 0 aliphatic heterocycles. The molecule has 0 atom stereocenters. The Kier molecular flexibility index (Phi) is 4.83. The van der Waals surface area contributed by atoms with Crippen molar-refractivity contribution in [2.45, 2.75) is 0 Å². The van der Waals surface area contributed by atoms with E-state index in [1.807, 2.05) is 0 Å². The minimum absolute atomic E-state index is 0.0976. The van der Waals surface area contributed by atoms with E-state index in [9.17, 15) is 18.4 Å². The number of amides is 2. The summed E-state index contributed by atoms with van der Waals surface area (Å²) in [5, 5.41) is 2.53. The highest BCUT2D eigenvalue weighted by Gasteiger charge is 2.17. The first-order valence-electron chi connectivity index (χ1n) is 6.53. The van der Waals surface area contributed by atoms with Crippen LogP contribution in [0.25, 0.3) is 0 Å². The number of nitrogens with one attached hydrogen (secondary N) is 1. The second-order valence-corrected chi connectivity index (χ2v) is 4.70. The van der Waals surface area contributed by atoms with Crippen LogP contribution < -0.4 is 5.32 Å². The first kappa shape index (κ1) is 15.6. The lowest BCUT2D eigenvalue weighted by molar-refractivity contribution is -0.116. The second-order valence-electron chi connectivity index (χ2n) is 4.70. The average Bonchev–Trinajstić information content (AvgIpc) is 2.49. The molecule has 4 nitrogen and oxygen atoms in total. The van der Waals surface area contributed by atoms with Crippen molar-refractivity contribution < 1.29 is 18.4 Å². The number of rotatable bonds is 4. The Morgan fingerprint density at radius 1 is 1.05 bits per heavy atom. The fourth-order valence-electron chi connectivity index (χ4n) is 1.86. The predicted octanol–water partition coefficient (Wildman–Crippen LogP) is 2.68. The summed E-state index contributed by atoms with van der Waals surface area (Å²) in [5.41, 5.74) is 0.317. The lowest BCUT2D eigenvalue weighted by atomic mass is 10.2. The molecule has 0 spiro atoms. The Hall–Kier alpha value is -2.76. The van der Waals surface area contributed by atoms with Crippen molar-refractivity contribution in [1.82, 2.24) is 4.90 Å². The summed E-state index contributed by atoms with van der Waals surface area (Å²) in [5.74, 6) is -2.10. The molecule has 0 unspecified atom stereocenters. The molecule has 0 aliphatic rings. The Balaban J connectivity index is 1.97. The van der Waals surface area contributed by atoms with Gasteiger partial charge in [-0.3, -0.25) is 9.59 Å². The highest BCUT2D eigenvalue weighted by atomic mass is 19.1. The summed E-state index contributed by atoms with van der Waals surface area (Å²) in [6.45, 7) is -0.245. The van der Waals surface area contributed by atoms with E-state index in [1.165, 1.54) is 49.5 Å². The van der Waals surface area contributed by atoms with Gasteiger partial charge >= 0.3 is 0 Å². The molecular weight excluding hydrogens is 290 g/mol. The van der Waals surface area contributed by atoms with Crippen LogP contribution in [0.2, 0.25) is 0 Å². The largest absolute Gasteiger partial charge is 0.332 e. The van der Waals surface area contributed by atoms with E-state index in [0.717, 1.165) is 4.90 Å². The van der Waals surface area contributed by atoms with Crippen molar-refractivity contribution >= 4 is 17.5 Å². The number of hydrogen-bond acceptors (Lipinski definition) is 2. The molecular formula is C16H14F2N2O2. The second kappa shape index (κ2) is 6.80. The molecule has 0 bridgehead atoms.